The Kier molecular flexibility index (Phi) is 3.23. The van der Waals surface area contributed by atoms with E-state index < -0.39 is 11.7 Å². The molecule has 0 aliphatic heterocycles. The third-order valence-electron chi connectivity index (χ3n) is 3.11. The van der Waals surface area contributed by atoms with E-state index in [2.05, 4.69) is 5.10 Å². The molecule has 0 N–H and O–H groups in total. The fraction of sp³-hybridized carbons (Fsp3) is 0.0625. The van der Waals surface area contributed by atoms with Gasteiger partial charge in [-0.2, -0.15) is 5.10 Å². The van der Waals surface area contributed by atoms with Gasteiger partial charge in [-0.1, -0.05) is 36.4 Å². The van der Waals surface area contributed by atoms with Gasteiger partial charge in [0, 0.05) is 5.39 Å². The van der Waals surface area contributed by atoms with Crippen molar-refractivity contribution in [3.05, 3.63) is 70.6 Å². The Labute approximate surface area is 120 Å². The Morgan fingerprint density at radius 2 is 1.62 bits per heavy atom. The highest BCUT2D eigenvalue weighted by Crippen LogP contribution is 2.13. The normalized spacial score (nSPS) is 10.5. The van der Waals surface area contributed by atoms with Crippen molar-refractivity contribution >= 4 is 16.9 Å². The molecule has 0 radical (unpaired) electrons. The number of nitrogens with zero attached hydrogens (tertiary/aromatic N) is 2. The van der Waals surface area contributed by atoms with Crippen LogP contribution in [-0.4, -0.2) is 15.9 Å². The van der Waals surface area contributed by atoms with Crippen LogP contribution < -0.4 is 10.3 Å². The molecule has 3 rings (SSSR count). The second-order valence-corrected chi connectivity index (χ2v) is 4.53. The van der Waals surface area contributed by atoms with E-state index >= 15 is 0 Å². The molecule has 2 aromatic carbocycles. The summed E-state index contributed by atoms with van der Waals surface area (Å²) in [6, 6.07) is 15.6. The van der Waals surface area contributed by atoms with E-state index in [0.29, 0.717) is 16.8 Å². The van der Waals surface area contributed by atoms with Crippen molar-refractivity contribution in [2.75, 3.05) is 0 Å². The number of hydrogen-bond donors (Lipinski definition) is 0. The lowest BCUT2D eigenvalue weighted by atomic mass is 10.1. The van der Waals surface area contributed by atoms with Gasteiger partial charge in [0.25, 0.3) is 5.56 Å². The minimum Gasteiger partial charge on any atom is -0.409 e. The van der Waals surface area contributed by atoms with Gasteiger partial charge in [-0.25, -0.2) is 4.79 Å². The molecule has 5 heteroatoms. The molecule has 0 saturated heterocycles. The highest BCUT2D eigenvalue weighted by molar-refractivity contribution is 5.85. The molecule has 0 aliphatic rings. The molecule has 0 bridgehead atoms. The summed E-state index contributed by atoms with van der Waals surface area (Å²) >= 11 is 0. The minimum absolute atomic E-state index is 0.363. The first-order valence-electron chi connectivity index (χ1n) is 6.43. The number of ether oxygens (including phenoxy) is 1. The van der Waals surface area contributed by atoms with Crippen LogP contribution in [0.5, 0.6) is 5.75 Å². The third-order valence-corrected chi connectivity index (χ3v) is 3.11. The largest absolute Gasteiger partial charge is 0.443 e. The monoisotopic (exact) mass is 280 g/mol. The van der Waals surface area contributed by atoms with Gasteiger partial charge in [0.15, 0.2) is 0 Å². The van der Waals surface area contributed by atoms with E-state index in [1.807, 2.05) is 12.1 Å². The molecule has 3 aromatic rings. The molecule has 1 aromatic heterocycles. The number of benzene rings is 2. The van der Waals surface area contributed by atoms with E-state index in [1.165, 1.54) is 0 Å². The Hall–Kier alpha value is -2.95. The number of carbonyl (C=O) groups excluding carboxylic acids is 1. The van der Waals surface area contributed by atoms with Crippen LogP contribution in [0.4, 0.5) is 4.79 Å². The van der Waals surface area contributed by atoms with Gasteiger partial charge in [-0.3, -0.25) is 4.79 Å². The van der Waals surface area contributed by atoms with Crippen LogP contribution in [-0.2, 0) is 0 Å². The van der Waals surface area contributed by atoms with Crippen LogP contribution in [0.25, 0.3) is 10.8 Å². The molecular weight excluding hydrogens is 268 g/mol. The number of fused-ring (bicyclic) bond motifs is 1. The highest BCUT2D eigenvalue weighted by Gasteiger charge is 2.15. The van der Waals surface area contributed by atoms with Gasteiger partial charge in [0.1, 0.15) is 5.75 Å². The van der Waals surface area contributed by atoms with Crippen LogP contribution in [0.15, 0.2) is 59.4 Å². The predicted molar refractivity (Wildman–Crippen MR) is 78.6 cm³/mol. The maximum atomic E-state index is 12.3. The maximum Gasteiger partial charge on any atom is 0.443 e. The Bertz CT molecular complexity index is 870. The summed E-state index contributed by atoms with van der Waals surface area (Å²) in [5.41, 5.74) is 0.104. The maximum absolute atomic E-state index is 12.3. The molecule has 0 spiro atoms. The van der Waals surface area contributed by atoms with Gasteiger partial charge >= 0.3 is 6.09 Å². The number of aromatic nitrogens is 2. The van der Waals surface area contributed by atoms with Crippen molar-refractivity contribution in [2.24, 2.45) is 0 Å². The zero-order valence-electron chi connectivity index (χ0n) is 11.3. The van der Waals surface area contributed by atoms with Crippen molar-refractivity contribution in [1.29, 1.82) is 0 Å². The van der Waals surface area contributed by atoms with E-state index in [9.17, 15) is 9.59 Å². The summed E-state index contributed by atoms with van der Waals surface area (Å²) in [6.45, 7) is 1.74. The highest BCUT2D eigenvalue weighted by atomic mass is 16.6. The Morgan fingerprint density at radius 1 is 1.00 bits per heavy atom. The Morgan fingerprint density at radius 3 is 2.33 bits per heavy atom. The van der Waals surface area contributed by atoms with E-state index in [4.69, 9.17) is 4.74 Å². The minimum atomic E-state index is -0.819. The lowest BCUT2D eigenvalue weighted by Crippen LogP contribution is -2.32. The number of rotatable bonds is 1. The molecule has 0 unspecified atom stereocenters. The van der Waals surface area contributed by atoms with Crippen molar-refractivity contribution < 1.29 is 9.53 Å². The molecular formula is C16H12N2O3. The summed E-state index contributed by atoms with van der Waals surface area (Å²) in [5.74, 6) is 0.363. The zero-order valence-corrected chi connectivity index (χ0v) is 11.3. The SMILES string of the molecule is Cc1nn(C(=O)Oc2ccccc2)c(=O)c2ccccc12. The predicted octanol–water partition coefficient (Wildman–Crippen LogP) is 2.75. The third kappa shape index (κ3) is 2.41. The first kappa shape index (κ1) is 13.1. The summed E-state index contributed by atoms with van der Waals surface area (Å²) in [6.07, 6.45) is -0.819. The van der Waals surface area contributed by atoms with Gasteiger partial charge in [0.05, 0.1) is 11.1 Å². The van der Waals surface area contributed by atoms with Crippen LogP contribution in [0, 0.1) is 6.92 Å². The van der Waals surface area contributed by atoms with E-state index in [0.717, 1.165) is 10.1 Å². The smallest absolute Gasteiger partial charge is 0.409 e. The number of carbonyl (C=O) groups is 1. The number of para-hydroxylation sites is 1. The molecule has 5 nitrogen and oxygen atoms in total. The summed E-state index contributed by atoms with van der Waals surface area (Å²) < 4.78 is 5.90. The van der Waals surface area contributed by atoms with Crippen molar-refractivity contribution in [2.45, 2.75) is 6.92 Å². The van der Waals surface area contributed by atoms with E-state index in [1.54, 1.807) is 49.4 Å². The molecule has 0 saturated carbocycles. The van der Waals surface area contributed by atoms with Gasteiger partial charge in [0.2, 0.25) is 0 Å². The fourth-order valence-electron chi connectivity index (χ4n) is 2.10. The van der Waals surface area contributed by atoms with Crippen LogP contribution in [0.3, 0.4) is 0 Å². The quantitative estimate of drug-likeness (QED) is 0.687. The summed E-state index contributed by atoms with van der Waals surface area (Å²) in [5, 5.41) is 5.19. The van der Waals surface area contributed by atoms with Crippen molar-refractivity contribution in [3.63, 3.8) is 0 Å². The van der Waals surface area contributed by atoms with Crippen LogP contribution in [0.1, 0.15) is 5.69 Å². The molecule has 1 heterocycles. The lowest BCUT2D eigenvalue weighted by Gasteiger charge is -2.08. The second kappa shape index (κ2) is 5.20. The van der Waals surface area contributed by atoms with Gasteiger partial charge in [-0.15, -0.1) is 4.68 Å². The number of aryl methyl sites for hydroxylation is 1. The lowest BCUT2D eigenvalue weighted by molar-refractivity contribution is 0.197. The topological polar surface area (TPSA) is 61.2 Å². The van der Waals surface area contributed by atoms with Crippen molar-refractivity contribution in [3.8, 4) is 5.75 Å². The molecule has 21 heavy (non-hydrogen) atoms. The average molecular weight is 280 g/mol. The summed E-state index contributed by atoms with van der Waals surface area (Å²) in [4.78, 5) is 24.4. The fourth-order valence-corrected chi connectivity index (χ4v) is 2.10. The number of hydrogen-bond acceptors (Lipinski definition) is 4. The standard InChI is InChI=1S/C16H12N2O3/c1-11-13-9-5-6-10-14(13)15(19)18(17-11)16(20)21-12-7-3-2-4-8-12/h2-10H,1H3. The zero-order chi connectivity index (χ0) is 14.8. The first-order chi connectivity index (χ1) is 10.2. The van der Waals surface area contributed by atoms with E-state index in [-0.39, 0.29) is 0 Å². The molecule has 104 valence electrons. The first-order valence-corrected chi connectivity index (χ1v) is 6.43. The van der Waals surface area contributed by atoms with Gasteiger partial charge < -0.3 is 4.74 Å². The summed E-state index contributed by atoms with van der Waals surface area (Å²) in [7, 11) is 0. The van der Waals surface area contributed by atoms with Crippen LogP contribution in [0.2, 0.25) is 0 Å². The second-order valence-electron chi connectivity index (χ2n) is 4.53. The van der Waals surface area contributed by atoms with Gasteiger partial charge in [-0.05, 0) is 25.1 Å². The molecule has 0 fully saturated rings. The van der Waals surface area contributed by atoms with Crippen molar-refractivity contribution in [1.82, 2.24) is 9.78 Å². The molecule has 0 amide bonds. The molecule has 0 atom stereocenters. The Balaban J connectivity index is 2.07. The molecule has 0 aliphatic carbocycles. The average Bonchev–Trinajstić information content (AvgIpc) is 2.52. The van der Waals surface area contributed by atoms with Crippen LogP contribution >= 0.6 is 0 Å².